The fraction of sp³-hybridized carbons (Fsp3) is 0. The van der Waals surface area contributed by atoms with E-state index in [0.717, 1.165) is 0 Å². The molecule has 0 atom stereocenters. The van der Waals surface area contributed by atoms with E-state index in [9.17, 15) is 0 Å². The summed E-state index contributed by atoms with van der Waals surface area (Å²) in [6.45, 7) is 0. The van der Waals surface area contributed by atoms with Crippen LogP contribution in [0, 0.1) is 0 Å². The molecule has 0 unspecified atom stereocenters. The van der Waals surface area contributed by atoms with Crippen molar-refractivity contribution in [1.29, 1.82) is 0 Å². The standard InChI is InChI=1S/C5H5N2S/c6-5(8)4-2-1-3-7-4/h1-3,6-7H. The van der Waals surface area contributed by atoms with Crippen molar-refractivity contribution in [2.45, 2.75) is 0 Å². The van der Waals surface area contributed by atoms with Gasteiger partial charge in [-0.2, -0.15) is 0 Å². The quantitative estimate of drug-likeness (QED) is 0.558. The van der Waals surface area contributed by atoms with Crippen LogP contribution in [-0.4, -0.2) is 9.97 Å². The second-order valence-electron chi connectivity index (χ2n) is 1.41. The SMILES string of the molecule is [NH]C(=S)c1ccc[nH]1. The Labute approximate surface area is 52.7 Å². The molecule has 0 saturated heterocycles. The highest BCUT2D eigenvalue weighted by Gasteiger charge is 1.91. The number of hydrogen-bond acceptors (Lipinski definition) is 1. The normalized spacial score (nSPS) is 9.00. The molecular weight excluding hydrogens is 120 g/mol. The lowest BCUT2D eigenvalue weighted by Crippen LogP contribution is -1.95. The molecular formula is C5H5N2S. The first-order chi connectivity index (χ1) is 3.80. The van der Waals surface area contributed by atoms with E-state index < -0.39 is 0 Å². The van der Waals surface area contributed by atoms with E-state index in [0.29, 0.717) is 5.69 Å². The van der Waals surface area contributed by atoms with Gasteiger partial charge in [-0.3, -0.25) is 5.73 Å². The maximum atomic E-state index is 6.94. The number of rotatable bonds is 1. The highest BCUT2D eigenvalue weighted by Crippen LogP contribution is 1.92. The highest BCUT2D eigenvalue weighted by molar-refractivity contribution is 7.80. The van der Waals surface area contributed by atoms with Crippen LogP contribution in [0.2, 0.25) is 0 Å². The van der Waals surface area contributed by atoms with Gasteiger partial charge in [-0.15, -0.1) is 0 Å². The zero-order valence-corrected chi connectivity index (χ0v) is 4.96. The number of aromatic amines is 1. The largest absolute Gasteiger partial charge is 0.359 e. The maximum Gasteiger partial charge on any atom is 0.141 e. The second kappa shape index (κ2) is 1.96. The fourth-order valence-corrected chi connectivity index (χ4v) is 0.599. The fourth-order valence-electron chi connectivity index (χ4n) is 0.472. The van der Waals surface area contributed by atoms with Crippen molar-refractivity contribution in [1.82, 2.24) is 10.7 Å². The van der Waals surface area contributed by atoms with Crippen molar-refractivity contribution in [3.05, 3.63) is 24.0 Å². The van der Waals surface area contributed by atoms with E-state index in [1.807, 2.05) is 6.07 Å². The van der Waals surface area contributed by atoms with Crippen LogP contribution in [0.4, 0.5) is 0 Å². The molecule has 1 aromatic rings. The molecule has 0 spiro atoms. The molecule has 1 aromatic heterocycles. The second-order valence-corrected chi connectivity index (χ2v) is 1.82. The van der Waals surface area contributed by atoms with Crippen molar-refractivity contribution >= 4 is 17.2 Å². The molecule has 1 rings (SSSR count). The molecule has 0 fully saturated rings. The van der Waals surface area contributed by atoms with Crippen LogP contribution < -0.4 is 5.73 Å². The average Bonchev–Trinajstić information content (AvgIpc) is 2.12. The minimum atomic E-state index is 0.162. The molecule has 2 nitrogen and oxygen atoms in total. The Bertz CT molecular complexity index is 178. The van der Waals surface area contributed by atoms with E-state index >= 15 is 0 Å². The first-order valence-corrected chi connectivity index (χ1v) is 2.61. The average molecular weight is 125 g/mol. The lowest BCUT2D eigenvalue weighted by atomic mass is 10.4. The molecule has 0 amide bonds. The first kappa shape index (κ1) is 5.31. The molecule has 0 bridgehead atoms. The van der Waals surface area contributed by atoms with Gasteiger partial charge in [-0.1, -0.05) is 12.2 Å². The van der Waals surface area contributed by atoms with Gasteiger partial charge in [0.05, 0.1) is 5.69 Å². The summed E-state index contributed by atoms with van der Waals surface area (Å²) in [4.78, 5) is 2.97. The molecule has 8 heavy (non-hydrogen) atoms. The van der Waals surface area contributed by atoms with Crippen LogP contribution in [0.25, 0.3) is 0 Å². The van der Waals surface area contributed by atoms with Gasteiger partial charge in [0, 0.05) is 6.20 Å². The Morgan fingerprint density at radius 1 is 1.75 bits per heavy atom. The van der Waals surface area contributed by atoms with E-state index in [2.05, 4.69) is 17.2 Å². The van der Waals surface area contributed by atoms with E-state index in [1.54, 1.807) is 12.3 Å². The van der Waals surface area contributed by atoms with Crippen LogP contribution in [0.3, 0.4) is 0 Å². The lowest BCUT2D eigenvalue weighted by Gasteiger charge is -1.84. The van der Waals surface area contributed by atoms with Crippen molar-refractivity contribution in [2.24, 2.45) is 0 Å². The molecule has 0 aromatic carbocycles. The summed E-state index contributed by atoms with van der Waals surface area (Å²) in [5.74, 6) is 0. The van der Waals surface area contributed by atoms with Gasteiger partial charge >= 0.3 is 0 Å². The molecule has 1 radical (unpaired) electrons. The Hall–Kier alpha value is -0.830. The van der Waals surface area contributed by atoms with E-state index in [4.69, 9.17) is 5.73 Å². The zero-order chi connectivity index (χ0) is 5.98. The molecule has 0 aliphatic carbocycles. The monoisotopic (exact) mass is 125 g/mol. The van der Waals surface area contributed by atoms with Gasteiger partial charge in [0.15, 0.2) is 0 Å². The highest BCUT2D eigenvalue weighted by atomic mass is 32.1. The summed E-state index contributed by atoms with van der Waals surface area (Å²) in [5, 5.41) is 0. The molecule has 0 aliphatic heterocycles. The van der Waals surface area contributed by atoms with E-state index in [-0.39, 0.29) is 4.99 Å². The predicted octanol–water partition coefficient (Wildman–Crippen LogP) is 0.973. The third-order valence-corrected chi connectivity index (χ3v) is 1.06. The van der Waals surface area contributed by atoms with Crippen molar-refractivity contribution in [3.8, 4) is 0 Å². The lowest BCUT2D eigenvalue weighted by molar-refractivity contribution is 1.36. The number of H-pyrrole nitrogens is 1. The van der Waals surface area contributed by atoms with Crippen molar-refractivity contribution < 1.29 is 0 Å². The summed E-state index contributed by atoms with van der Waals surface area (Å²) in [5.41, 5.74) is 7.64. The third-order valence-electron chi connectivity index (χ3n) is 0.843. The minimum Gasteiger partial charge on any atom is -0.359 e. The predicted molar refractivity (Wildman–Crippen MR) is 35.6 cm³/mol. The smallest absolute Gasteiger partial charge is 0.141 e. The Morgan fingerprint density at radius 3 is 2.75 bits per heavy atom. The molecule has 41 valence electrons. The molecule has 1 heterocycles. The number of nitrogens with one attached hydrogen (secondary N) is 2. The molecule has 0 saturated carbocycles. The van der Waals surface area contributed by atoms with Crippen molar-refractivity contribution in [2.75, 3.05) is 0 Å². The van der Waals surface area contributed by atoms with Gasteiger partial charge in [0.25, 0.3) is 0 Å². The molecule has 2 N–H and O–H groups in total. The summed E-state index contributed by atoms with van der Waals surface area (Å²) < 4.78 is 0. The third kappa shape index (κ3) is 0.869. The van der Waals surface area contributed by atoms with Crippen molar-refractivity contribution in [3.63, 3.8) is 0 Å². The van der Waals surface area contributed by atoms with Crippen LogP contribution in [0.1, 0.15) is 5.69 Å². The zero-order valence-electron chi connectivity index (χ0n) is 4.14. The Balaban J connectivity index is 2.93. The Morgan fingerprint density at radius 2 is 2.50 bits per heavy atom. The summed E-state index contributed by atoms with van der Waals surface area (Å²) in [7, 11) is 0. The van der Waals surface area contributed by atoms with Crippen LogP contribution in [0.15, 0.2) is 18.3 Å². The van der Waals surface area contributed by atoms with Crippen LogP contribution >= 0.6 is 12.2 Å². The topological polar surface area (TPSA) is 39.6 Å². The summed E-state index contributed by atoms with van der Waals surface area (Å²) >= 11 is 4.55. The van der Waals surface area contributed by atoms with E-state index in [1.165, 1.54) is 0 Å². The summed E-state index contributed by atoms with van der Waals surface area (Å²) in [6, 6.07) is 3.59. The number of aromatic nitrogens is 1. The maximum absolute atomic E-state index is 6.94. The van der Waals surface area contributed by atoms with Crippen LogP contribution in [0.5, 0.6) is 0 Å². The first-order valence-electron chi connectivity index (χ1n) is 2.20. The number of thiocarbonyl (C=S) groups is 1. The summed E-state index contributed by atoms with van der Waals surface area (Å²) in [6.07, 6.45) is 1.75. The van der Waals surface area contributed by atoms with Gasteiger partial charge in [-0.05, 0) is 12.1 Å². The van der Waals surface area contributed by atoms with Gasteiger partial charge in [0.2, 0.25) is 0 Å². The van der Waals surface area contributed by atoms with Gasteiger partial charge < -0.3 is 4.98 Å². The minimum absolute atomic E-state index is 0.162. The number of hydrogen-bond donors (Lipinski definition) is 1. The van der Waals surface area contributed by atoms with Gasteiger partial charge in [-0.25, -0.2) is 0 Å². The molecule has 3 heteroatoms. The van der Waals surface area contributed by atoms with Crippen LogP contribution in [-0.2, 0) is 0 Å². The van der Waals surface area contributed by atoms with Gasteiger partial charge in [0.1, 0.15) is 4.99 Å². The Kier molecular flexibility index (Phi) is 1.30. The molecule has 0 aliphatic rings.